The van der Waals surface area contributed by atoms with Crippen LogP contribution in [0.4, 0.5) is 0 Å². The van der Waals surface area contributed by atoms with Gasteiger partial charge in [-0.3, -0.25) is 9.69 Å². The maximum absolute atomic E-state index is 11.5. The average Bonchev–Trinajstić information content (AvgIpc) is 2.49. The van der Waals surface area contributed by atoms with Crippen molar-refractivity contribution >= 4 is 5.97 Å². The zero-order valence-electron chi connectivity index (χ0n) is 12.7. The summed E-state index contributed by atoms with van der Waals surface area (Å²) in [6.07, 6.45) is 0.389. The number of ether oxygens (including phenoxy) is 2. The minimum atomic E-state index is -0.210. The van der Waals surface area contributed by atoms with E-state index in [-0.39, 0.29) is 18.1 Å². The zero-order chi connectivity index (χ0) is 15.2. The van der Waals surface area contributed by atoms with Crippen LogP contribution in [-0.4, -0.2) is 49.8 Å². The molecule has 2 rings (SSSR count). The second-order valence-electron chi connectivity index (χ2n) is 5.53. The highest BCUT2D eigenvalue weighted by atomic mass is 16.5. The summed E-state index contributed by atoms with van der Waals surface area (Å²) in [5.41, 5.74) is 8.11. The normalized spacial score (nSPS) is 21.0. The van der Waals surface area contributed by atoms with Crippen LogP contribution in [0.2, 0.25) is 0 Å². The van der Waals surface area contributed by atoms with E-state index in [1.807, 2.05) is 25.1 Å². The van der Waals surface area contributed by atoms with Crippen LogP contribution in [0.5, 0.6) is 0 Å². The molecule has 2 N–H and O–H groups in total. The lowest BCUT2D eigenvalue weighted by Gasteiger charge is -2.35. The highest BCUT2D eigenvalue weighted by Crippen LogP contribution is 2.16. The first-order valence-electron chi connectivity index (χ1n) is 7.33. The smallest absolute Gasteiger partial charge is 0.309 e. The number of methoxy groups -OCH3 is 1. The van der Waals surface area contributed by atoms with Crippen LogP contribution in [-0.2, 0) is 27.2 Å². The van der Waals surface area contributed by atoms with Crippen LogP contribution in [0.1, 0.15) is 18.1 Å². The van der Waals surface area contributed by atoms with Gasteiger partial charge in [0, 0.05) is 25.7 Å². The summed E-state index contributed by atoms with van der Waals surface area (Å²) in [5.74, 6) is -0.210. The molecule has 0 aliphatic carbocycles. The number of morpholine rings is 1. The van der Waals surface area contributed by atoms with Gasteiger partial charge in [-0.25, -0.2) is 0 Å². The predicted molar refractivity (Wildman–Crippen MR) is 80.8 cm³/mol. The number of nitrogens with two attached hydrogens (primary N) is 1. The number of rotatable bonds is 5. The van der Waals surface area contributed by atoms with Gasteiger partial charge in [-0.2, -0.15) is 0 Å². The first kappa shape index (κ1) is 15.9. The summed E-state index contributed by atoms with van der Waals surface area (Å²) in [6, 6.07) is 8.02. The molecule has 0 radical (unpaired) electrons. The summed E-state index contributed by atoms with van der Waals surface area (Å²) in [5, 5.41) is 0. The third-order valence-corrected chi connectivity index (χ3v) is 3.84. The van der Waals surface area contributed by atoms with Gasteiger partial charge >= 0.3 is 5.97 Å². The summed E-state index contributed by atoms with van der Waals surface area (Å²) < 4.78 is 10.4. The monoisotopic (exact) mass is 292 g/mol. The Morgan fingerprint density at radius 2 is 2.19 bits per heavy atom. The molecular weight excluding hydrogens is 268 g/mol. The fraction of sp³-hybridized carbons (Fsp3) is 0.562. The van der Waals surface area contributed by atoms with E-state index in [9.17, 15) is 4.79 Å². The summed E-state index contributed by atoms with van der Waals surface area (Å²) >= 11 is 0. The van der Waals surface area contributed by atoms with Gasteiger partial charge < -0.3 is 15.2 Å². The van der Waals surface area contributed by atoms with Gasteiger partial charge in [-0.15, -0.1) is 0 Å². The molecule has 1 fully saturated rings. The molecule has 0 amide bonds. The number of hydrogen-bond acceptors (Lipinski definition) is 5. The van der Waals surface area contributed by atoms with Crippen LogP contribution >= 0.6 is 0 Å². The lowest BCUT2D eigenvalue weighted by molar-refractivity contribution is -0.139. The molecule has 2 atom stereocenters. The zero-order valence-corrected chi connectivity index (χ0v) is 12.7. The third-order valence-electron chi connectivity index (χ3n) is 3.84. The van der Waals surface area contributed by atoms with Crippen molar-refractivity contribution in [2.75, 3.05) is 26.8 Å². The number of carbonyl (C=O) groups excluding carboxylic acids is 1. The van der Waals surface area contributed by atoms with Gasteiger partial charge in [-0.05, 0) is 18.1 Å². The first-order chi connectivity index (χ1) is 10.1. The van der Waals surface area contributed by atoms with E-state index >= 15 is 0 Å². The highest BCUT2D eigenvalue weighted by Gasteiger charge is 2.23. The molecule has 2 unspecified atom stereocenters. The van der Waals surface area contributed by atoms with Gasteiger partial charge in [-0.1, -0.05) is 24.3 Å². The molecule has 0 saturated carbocycles. The number of carbonyl (C=O) groups is 1. The lowest BCUT2D eigenvalue weighted by Crippen LogP contribution is -2.49. The Hall–Kier alpha value is -1.43. The second kappa shape index (κ2) is 7.54. The van der Waals surface area contributed by atoms with Crippen molar-refractivity contribution in [1.82, 2.24) is 4.90 Å². The molecule has 1 aromatic rings. The number of benzene rings is 1. The summed E-state index contributed by atoms with van der Waals surface area (Å²) in [7, 11) is 1.42. The van der Waals surface area contributed by atoms with Crippen molar-refractivity contribution in [3.63, 3.8) is 0 Å². The first-order valence-corrected chi connectivity index (χ1v) is 7.33. The van der Waals surface area contributed by atoms with Crippen LogP contribution in [0.15, 0.2) is 24.3 Å². The van der Waals surface area contributed by atoms with E-state index in [2.05, 4.69) is 11.0 Å². The third kappa shape index (κ3) is 4.52. The molecule has 1 aliphatic heterocycles. The Labute approximate surface area is 126 Å². The van der Waals surface area contributed by atoms with Crippen molar-refractivity contribution < 1.29 is 14.3 Å². The molecule has 1 aliphatic rings. The van der Waals surface area contributed by atoms with E-state index < -0.39 is 0 Å². The highest BCUT2D eigenvalue weighted by molar-refractivity contribution is 5.72. The molecule has 0 spiro atoms. The van der Waals surface area contributed by atoms with E-state index in [4.69, 9.17) is 15.2 Å². The van der Waals surface area contributed by atoms with Crippen molar-refractivity contribution in [2.24, 2.45) is 5.73 Å². The van der Waals surface area contributed by atoms with Gasteiger partial charge in [0.1, 0.15) is 0 Å². The fourth-order valence-corrected chi connectivity index (χ4v) is 2.55. The van der Waals surface area contributed by atoms with Crippen molar-refractivity contribution in [2.45, 2.75) is 32.0 Å². The summed E-state index contributed by atoms with van der Waals surface area (Å²) in [4.78, 5) is 13.8. The minimum absolute atomic E-state index is 0.0260. The largest absolute Gasteiger partial charge is 0.469 e. The molecule has 21 heavy (non-hydrogen) atoms. The SMILES string of the molecule is COC(=O)Cc1ccccc1CN1CCOC(C(C)N)C1. The number of esters is 1. The molecule has 1 aromatic carbocycles. The van der Waals surface area contributed by atoms with E-state index in [0.29, 0.717) is 13.0 Å². The quantitative estimate of drug-likeness (QED) is 0.819. The Balaban J connectivity index is 2.03. The molecular formula is C16H24N2O3. The molecule has 0 aromatic heterocycles. The number of hydrogen-bond donors (Lipinski definition) is 1. The van der Waals surface area contributed by atoms with Gasteiger partial charge in [0.05, 0.1) is 26.2 Å². The summed E-state index contributed by atoms with van der Waals surface area (Å²) in [6.45, 7) is 5.19. The molecule has 1 heterocycles. The predicted octanol–water partition coefficient (Wildman–Crippen LogP) is 0.950. The van der Waals surface area contributed by atoms with E-state index in [1.165, 1.54) is 7.11 Å². The standard InChI is InChI=1S/C16H24N2O3/c1-12(17)15-11-18(7-8-21-15)10-14-6-4-3-5-13(14)9-16(19)20-2/h3-6,12,15H,7-11,17H2,1-2H3. The van der Waals surface area contributed by atoms with Crippen LogP contribution < -0.4 is 5.73 Å². The topological polar surface area (TPSA) is 64.8 Å². The molecule has 0 bridgehead atoms. The van der Waals surface area contributed by atoms with Crippen molar-refractivity contribution in [3.8, 4) is 0 Å². The molecule has 1 saturated heterocycles. The Kier molecular flexibility index (Phi) is 5.73. The maximum Gasteiger partial charge on any atom is 0.309 e. The van der Waals surface area contributed by atoms with Crippen LogP contribution in [0.3, 0.4) is 0 Å². The second-order valence-corrected chi connectivity index (χ2v) is 5.53. The average molecular weight is 292 g/mol. The van der Waals surface area contributed by atoms with E-state index in [0.717, 1.165) is 30.8 Å². The lowest BCUT2D eigenvalue weighted by atomic mass is 10.0. The maximum atomic E-state index is 11.5. The van der Waals surface area contributed by atoms with Gasteiger partial charge in [0.2, 0.25) is 0 Å². The Morgan fingerprint density at radius 1 is 1.48 bits per heavy atom. The Morgan fingerprint density at radius 3 is 2.86 bits per heavy atom. The minimum Gasteiger partial charge on any atom is -0.469 e. The number of nitrogens with zero attached hydrogens (tertiary/aromatic N) is 1. The van der Waals surface area contributed by atoms with Gasteiger partial charge in [0.25, 0.3) is 0 Å². The van der Waals surface area contributed by atoms with E-state index in [1.54, 1.807) is 0 Å². The van der Waals surface area contributed by atoms with Crippen LogP contribution in [0, 0.1) is 0 Å². The Bertz CT molecular complexity index is 476. The molecule has 116 valence electrons. The molecule has 5 nitrogen and oxygen atoms in total. The van der Waals surface area contributed by atoms with Crippen LogP contribution in [0.25, 0.3) is 0 Å². The van der Waals surface area contributed by atoms with Crippen molar-refractivity contribution in [1.29, 1.82) is 0 Å². The fourth-order valence-electron chi connectivity index (χ4n) is 2.55. The van der Waals surface area contributed by atoms with Gasteiger partial charge in [0.15, 0.2) is 0 Å². The molecule has 5 heteroatoms. The van der Waals surface area contributed by atoms with Crippen molar-refractivity contribution in [3.05, 3.63) is 35.4 Å².